The summed E-state index contributed by atoms with van der Waals surface area (Å²) in [6.45, 7) is 1.40. The summed E-state index contributed by atoms with van der Waals surface area (Å²) in [5.74, 6) is 2.90. The molecule has 0 saturated heterocycles. The summed E-state index contributed by atoms with van der Waals surface area (Å²) in [6.07, 6.45) is 9.64. The number of nitrogens with zero attached hydrogens (tertiary/aromatic N) is 4. The van der Waals surface area contributed by atoms with E-state index in [-0.39, 0.29) is 11.8 Å². The van der Waals surface area contributed by atoms with Gasteiger partial charge >= 0.3 is 0 Å². The van der Waals surface area contributed by atoms with Gasteiger partial charge in [-0.15, -0.1) is 0 Å². The predicted octanol–water partition coefficient (Wildman–Crippen LogP) is 3.92. The van der Waals surface area contributed by atoms with Crippen molar-refractivity contribution in [3.8, 4) is 0 Å². The van der Waals surface area contributed by atoms with Crippen LogP contribution in [0.1, 0.15) is 30.8 Å². The van der Waals surface area contributed by atoms with Gasteiger partial charge in [0.2, 0.25) is 5.91 Å². The minimum Gasteiger partial charge on any atom is -0.385 e. The van der Waals surface area contributed by atoms with Gasteiger partial charge in [0, 0.05) is 54.4 Å². The standard InChI is InChI=1S/C23H27N7O2S/c1-32-12-2-3-18-13-20(28-27-18)26-22-15-29(14-21-24-10-11-30(21)22)33-19-8-6-17(7-9-19)25-23(31)16-4-5-16/h6-11,13,15-16H,2-5,12,14H2,1H3,(H,25,31)(H2,26,27,28). The zero-order valence-corrected chi connectivity index (χ0v) is 19.3. The van der Waals surface area contributed by atoms with E-state index in [9.17, 15) is 4.79 Å². The summed E-state index contributed by atoms with van der Waals surface area (Å²) in [5, 5.41) is 13.9. The van der Waals surface area contributed by atoms with E-state index in [4.69, 9.17) is 4.74 Å². The Hall–Kier alpha value is -3.24. The number of nitrogens with one attached hydrogen (secondary N) is 3. The summed E-state index contributed by atoms with van der Waals surface area (Å²) in [4.78, 5) is 17.5. The maximum absolute atomic E-state index is 12.0. The number of rotatable bonds is 10. The van der Waals surface area contributed by atoms with Crippen LogP contribution in [0.15, 0.2) is 53.8 Å². The van der Waals surface area contributed by atoms with Crippen molar-refractivity contribution in [2.45, 2.75) is 37.1 Å². The Bertz CT molecular complexity index is 1130. The molecule has 1 fully saturated rings. The quantitative estimate of drug-likeness (QED) is 0.308. The molecular weight excluding hydrogens is 438 g/mol. The van der Waals surface area contributed by atoms with Gasteiger partial charge in [0.1, 0.15) is 11.6 Å². The summed E-state index contributed by atoms with van der Waals surface area (Å²) in [7, 11) is 1.71. The third kappa shape index (κ3) is 5.40. The molecule has 0 spiro atoms. The van der Waals surface area contributed by atoms with Gasteiger partial charge in [0.25, 0.3) is 0 Å². The molecule has 9 nitrogen and oxygen atoms in total. The smallest absolute Gasteiger partial charge is 0.227 e. The lowest BCUT2D eigenvalue weighted by molar-refractivity contribution is -0.117. The highest BCUT2D eigenvalue weighted by atomic mass is 32.2. The van der Waals surface area contributed by atoms with E-state index in [0.717, 1.165) is 66.0 Å². The fourth-order valence-corrected chi connectivity index (χ4v) is 4.48. The Kier molecular flexibility index (Phi) is 6.36. The number of H-pyrrole nitrogens is 1. The Balaban J connectivity index is 1.25. The SMILES string of the molecule is COCCCc1cc(NC2=CN(Sc3ccc(NC(=O)C4CC4)cc3)Cc3nccn32)n[nH]1. The molecule has 33 heavy (non-hydrogen) atoms. The van der Waals surface area contributed by atoms with E-state index in [1.54, 1.807) is 25.3 Å². The van der Waals surface area contributed by atoms with Crippen molar-refractivity contribution < 1.29 is 9.53 Å². The molecule has 10 heteroatoms. The zero-order valence-electron chi connectivity index (χ0n) is 18.5. The van der Waals surface area contributed by atoms with Crippen molar-refractivity contribution >= 4 is 35.2 Å². The van der Waals surface area contributed by atoms with Gasteiger partial charge in [-0.3, -0.25) is 14.5 Å². The number of carbonyl (C=O) groups is 1. The van der Waals surface area contributed by atoms with Crippen molar-refractivity contribution in [2.24, 2.45) is 5.92 Å². The average Bonchev–Trinajstić information content (AvgIpc) is 3.40. The normalized spacial score (nSPS) is 15.2. The fraction of sp³-hybridized carbons (Fsp3) is 0.348. The number of ether oxygens (including phenoxy) is 1. The van der Waals surface area contributed by atoms with Gasteiger partial charge in [-0.25, -0.2) is 4.98 Å². The largest absolute Gasteiger partial charge is 0.385 e. The maximum Gasteiger partial charge on any atom is 0.227 e. The second-order valence-electron chi connectivity index (χ2n) is 8.18. The molecule has 0 atom stereocenters. The molecule has 1 amide bonds. The monoisotopic (exact) mass is 465 g/mol. The lowest BCUT2D eigenvalue weighted by Crippen LogP contribution is -2.23. The van der Waals surface area contributed by atoms with Gasteiger partial charge in [0.05, 0.1) is 12.7 Å². The van der Waals surface area contributed by atoms with Crippen molar-refractivity contribution in [3.05, 3.63) is 60.4 Å². The number of hydrogen-bond acceptors (Lipinski definition) is 7. The van der Waals surface area contributed by atoms with E-state index in [1.165, 1.54) is 0 Å². The van der Waals surface area contributed by atoms with Crippen LogP contribution in [0.25, 0.3) is 5.82 Å². The van der Waals surface area contributed by atoms with E-state index >= 15 is 0 Å². The molecule has 1 saturated carbocycles. The van der Waals surface area contributed by atoms with Crippen LogP contribution in [0.5, 0.6) is 0 Å². The van der Waals surface area contributed by atoms with Crippen LogP contribution in [0, 0.1) is 5.92 Å². The van der Waals surface area contributed by atoms with Gasteiger partial charge in [-0.05, 0) is 61.9 Å². The molecule has 3 N–H and O–H groups in total. The number of methoxy groups -OCH3 is 1. The number of benzene rings is 1. The number of imidazole rings is 1. The van der Waals surface area contributed by atoms with E-state index in [1.807, 2.05) is 41.1 Å². The zero-order chi connectivity index (χ0) is 22.6. The highest BCUT2D eigenvalue weighted by Gasteiger charge is 2.29. The van der Waals surface area contributed by atoms with Crippen molar-refractivity contribution in [2.75, 3.05) is 24.4 Å². The van der Waals surface area contributed by atoms with Crippen LogP contribution in [0.3, 0.4) is 0 Å². The molecule has 2 aliphatic rings. The predicted molar refractivity (Wildman–Crippen MR) is 128 cm³/mol. The summed E-state index contributed by atoms with van der Waals surface area (Å²) in [5.41, 5.74) is 1.90. The van der Waals surface area contributed by atoms with Gasteiger partial charge in [-0.2, -0.15) is 5.10 Å². The molecule has 2 aromatic heterocycles. The number of amides is 1. The first kappa shape index (κ1) is 21.6. The van der Waals surface area contributed by atoms with Crippen molar-refractivity contribution in [1.82, 2.24) is 24.1 Å². The number of carbonyl (C=O) groups excluding carboxylic acids is 1. The van der Waals surface area contributed by atoms with E-state index in [0.29, 0.717) is 6.54 Å². The Morgan fingerprint density at radius 2 is 2.15 bits per heavy atom. The topological polar surface area (TPSA) is 100 Å². The molecule has 1 aliphatic carbocycles. The lowest BCUT2D eigenvalue weighted by Gasteiger charge is -2.26. The molecule has 3 heterocycles. The first-order valence-electron chi connectivity index (χ1n) is 11.1. The van der Waals surface area contributed by atoms with Crippen LogP contribution in [0.4, 0.5) is 11.5 Å². The van der Waals surface area contributed by atoms with Crippen molar-refractivity contribution in [1.29, 1.82) is 0 Å². The van der Waals surface area contributed by atoms with Gasteiger partial charge < -0.3 is 19.7 Å². The second kappa shape index (κ2) is 9.72. The molecule has 0 unspecified atom stereocenters. The average molecular weight is 466 g/mol. The number of fused-ring (bicyclic) bond motifs is 1. The third-order valence-corrected chi connectivity index (χ3v) is 6.47. The third-order valence-electron chi connectivity index (χ3n) is 5.51. The van der Waals surface area contributed by atoms with Gasteiger partial charge in [-0.1, -0.05) is 0 Å². The summed E-state index contributed by atoms with van der Waals surface area (Å²) < 4.78 is 9.29. The van der Waals surface area contributed by atoms with Crippen molar-refractivity contribution in [3.63, 3.8) is 0 Å². The first-order valence-corrected chi connectivity index (χ1v) is 11.9. The molecule has 1 aliphatic heterocycles. The minimum absolute atomic E-state index is 0.122. The highest BCUT2D eigenvalue weighted by molar-refractivity contribution is 7.97. The van der Waals surface area contributed by atoms with Crippen LogP contribution < -0.4 is 10.6 Å². The molecule has 172 valence electrons. The fourth-order valence-electron chi connectivity index (χ4n) is 3.62. The van der Waals surface area contributed by atoms with E-state index < -0.39 is 0 Å². The number of anilines is 2. The molecule has 0 bridgehead atoms. The van der Waals surface area contributed by atoms with Crippen LogP contribution in [-0.2, 0) is 22.5 Å². The number of aryl methyl sites for hydroxylation is 1. The maximum atomic E-state index is 12.0. The molecule has 3 aromatic rings. The Labute approximate surface area is 196 Å². The number of aromatic nitrogens is 4. The molecule has 1 aromatic carbocycles. The minimum atomic E-state index is 0.122. The molecule has 5 rings (SSSR count). The highest BCUT2D eigenvalue weighted by Crippen LogP contribution is 2.32. The first-order chi connectivity index (χ1) is 16.2. The lowest BCUT2D eigenvalue weighted by atomic mass is 10.2. The number of hydrogen-bond donors (Lipinski definition) is 3. The van der Waals surface area contributed by atoms with Gasteiger partial charge in [0.15, 0.2) is 5.82 Å². The van der Waals surface area contributed by atoms with E-state index in [2.05, 4.69) is 36.3 Å². The summed E-state index contributed by atoms with van der Waals surface area (Å²) >= 11 is 1.62. The van der Waals surface area contributed by atoms with Crippen LogP contribution in [0.2, 0.25) is 0 Å². The Morgan fingerprint density at radius 1 is 1.30 bits per heavy atom. The Morgan fingerprint density at radius 3 is 2.94 bits per heavy atom. The van der Waals surface area contributed by atoms with Crippen LogP contribution >= 0.6 is 11.9 Å². The van der Waals surface area contributed by atoms with Crippen LogP contribution in [-0.4, -0.2) is 43.7 Å². The number of aromatic amines is 1. The second-order valence-corrected chi connectivity index (χ2v) is 9.30. The molecular formula is C23H27N7O2S. The molecule has 0 radical (unpaired) electrons. The summed E-state index contributed by atoms with van der Waals surface area (Å²) in [6, 6.07) is 9.97.